The molecule has 1 rings (SSSR count). The summed E-state index contributed by atoms with van der Waals surface area (Å²) in [6.07, 6.45) is 7.27. The minimum Gasteiger partial charge on any atom is -0.481 e. The zero-order chi connectivity index (χ0) is 18.1. The molecule has 0 radical (unpaired) electrons. The predicted octanol–water partition coefficient (Wildman–Crippen LogP) is 3.47. The van der Waals surface area contributed by atoms with E-state index in [4.69, 9.17) is 5.11 Å². The molecule has 0 aliphatic carbocycles. The molecule has 6 nitrogen and oxygen atoms in total. The van der Waals surface area contributed by atoms with Gasteiger partial charge in [0.25, 0.3) is 5.91 Å². The molecule has 0 amide bonds. The number of hydrogen-bond donors (Lipinski definition) is 1. The largest absolute Gasteiger partial charge is 0.481 e. The van der Waals surface area contributed by atoms with E-state index in [-0.39, 0.29) is 5.92 Å². The van der Waals surface area contributed by atoms with Crippen molar-refractivity contribution in [3.8, 4) is 0 Å². The third kappa shape index (κ3) is 5.68. The Morgan fingerprint density at radius 2 is 2.08 bits per heavy atom. The Labute approximate surface area is 143 Å². The van der Waals surface area contributed by atoms with Gasteiger partial charge in [-0.2, -0.15) is 9.78 Å². The highest BCUT2D eigenvalue weighted by Gasteiger charge is 2.21. The van der Waals surface area contributed by atoms with Crippen LogP contribution < -0.4 is 4.90 Å². The number of carbonyl (C=O) groups is 2. The molecule has 0 unspecified atom stereocenters. The maximum Gasteiger partial charge on any atom is 0.312 e. The summed E-state index contributed by atoms with van der Waals surface area (Å²) < 4.78 is 1.23. The second kappa shape index (κ2) is 9.70. The van der Waals surface area contributed by atoms with Gasteiger partial charge in [0.1, 0.15) is 12.2 Å². The quantitative estimate of drug-likeness (QED) is 0.403. The Kier molecular flexibility index (Phi) is 7.95. The topological polar surface area (TPSA) is 75.4 Å². The van der Waals surface area contributed by atoms with Gasteiger partial charge in [-0.15, -0.1) is 6.58 Å². The highest BCUT2D eigenvalue weighted by atomic mass is 16.4. The summed E-state index contributed by atoms with van der Waals surface area (Å²) in [4.78, 5) is 25.1. The molecule has 0 saturated heterocycles. The van der Waals surface area contributed by atoms with Crippen LogP contribution in [-0.2, 0) is 4.79 Å². The Bertz CT molecular complexity index is 603. The maximum absolute atomic E-state index is 12.2. The summed E-state index contributed by atoms with van der Waals surface area (Å²) in [5, 5.41) is 13.2. The fraction of sp³-hybridized carbons (Fsp3) is 0.500. The zero-order valence-electron chi connectivity index (χ0n) is 14.7. The Morgan fingerprint density at radius 1 is 1.38 bits per heavy atom. The molecule has 6 heteroatoms. The number of carbonyl (C=O) groups excluding carboxylic acids is 1. The summed E-state index contributed by atoms with van der Waals surface area (Å²) in [6, 6.07) is 1.87. The van der Waals surface area contributed by atoms with Crippen molar-refractivity contribution in [1.29, 1.82) is 0 Å². The minimum absolute atomic E-state index is 0.157. The van der Waals surface area contributed by atoms with Crippen molar-refractivity contribution in [2.24, 2.45) is 0 Å². The molecular formula is C18H27N3O3. The summed E-state index contributed by atoms with van der Waals surface area (Å²) >= 11 is 0. The van der Waals surface area contributed by atoms with E-state index in [0.29, 0.717) is 18.9 Å². The predicted molar refractivity (Wildman–Crippen MR) is 95.7 cm³/mol. The first kappa shape index (κ1) is 19.7. The Hall–Kier alpha value is -2.37. The van der Waals surface area contributed by atoms with E-state index < -0.39 is 18.3 Å². The molecule has 0 fully saturated rings. The molecule has 132 valence electrons. The molecule has 1 aromatic rings. The minimum atomic E-state index is -1.15. The lowest BCUT2D eigenvalue weighted by molar-refractivity contribution is -0.136. The fourth-order valence-corrected chi connectivity index (χ4v) is 2.20. The number of likely N-dealkylation sites (N-methyl/N-ethyl adjacent to an activating group) is 1. The average molecular weight is 333 g/mol. The molecule has 0 aliphatic rings. The summed E-state index contributed by atoms with van der Waals surface area (Å²) in [5.41, 5.74) is 0.776. The van der Waals surface area contributed by atoms with Crippen molar-refractivity contribution in [3.63, 3.8) is 0 Å². The third-order valence-electron chi connectivity index (χ3n) is 3.58. The molecule has 0 aromatic carbocycles. The van der Waals surface area contributed by atoms with Crippen molar-refractivity contribution in [3.05, 3.63) is 36.6 Å². The lowest BCUT2D eigenvalue weighted by Gasteiger charge is -2.21. The van der Waals surface area contributed by atoms with Gasteiger partial charge in [-0.25, -0.2) is 0 Å². The molecule has 24 heavy (non-hydrogen) atoms. The van der Waals surface area contributed by atoms with Crippen molar-refractivity contribution in [2.75, 3.05) is 18.0 Å². The number of carboxylic acid groups (broad SMARTS) is 1. The average Bonchev–Trinajstić information content (AvgIpc) is 2.95. The van der Waals surface area contributed by atoms with Gasteiger partial charge in [0.15, 0.2) is 0 Å². The lowest BCUT2D eigenvalue weighted by atomic mass is 10.1. The van der Waals surface area contributed by atoms with Crippen LogP contribution >= 0.6 is 0 Å². The molecule has 0 spiro atoms. The first-order valence-corrected chi connectivity index (χ1v) is 8.26. The zero-order valence-corrected chi connectivity index (χ0v) is 14.7. The van der Waals surface area contributed by atoms with Crippen LogP contribution in [0.15, 0.2) is 30.9 Å². The number of unbranched alkanes of at least 4 members (excludes halogenated alkanes) is 1. The third-order valence-corrected chi connectivity index (χ3v) is 3.58. The molecule has 0 bridgehead atoms. The monoisotopic (exact) mass is 333 g/mol. The summed E-state index contributed by atoms with van der Waals surface area (Å²) in [6.45, 7) is 11.0. The van der Waals surface area contributed by atoms with Crippen LogP contribution in [-0.4, -0.2) is 39.9 Å². The number of hydrogen-bond acceptors (Lipinski definition) is 4. The second-order valence-electron chi connectivity index (χ2n) is 5.83. The van der Waals surface area contributed by atoms with Gasteiger partial charge in [-0.3, -0.25) is 9.59 Å². The number of aliphatic carboxylic acids is 1. The molecule has 0 saturated carbocycles. The number of rotatable bonds is 10. The van der Waals surface area contributed by atoms with E-state index in [1.807, 2.05) is 43.9 Å². The SMILES string of the molecule is C=CCC/C=C/CN(CC)c1cc(C(C)C)nn1C(=O)CC(=O)O. The smallest absolute Gasteiger partial charge is 0.312 e. The molecule has 1 heterocycles. The molecule has 1 aromatic heterocycles. The number of allylic oxidation sites excluding steroid dienone is 2. The van der Waals surface area contributed by atoms with E-state index in [1.54, 1.807) is 0 Å². The Morgan fingerprint density at radius 3 is 2.62 bits per heavy atom. The van der Waals surface area contributed by atoms with E-state index in [2.05, 4.69) is 17.8 Å². The van der Waals surface area contributed by atoms with Crippen molar-refractivity contribution < 1.29 is 14.7 Å². The van der Waals surface area contributed by atoms with E-state index in [0.717, 1.165) is 18.5 Å². The van der Waals surface area contributed by atoms with Crippen LogP contribution in [0.5, 0.6) is 0 Å². The lowest BCUT2D eigenvalue weighted by Crippen LogP contribution is -2.28. The second-order valence-corrected chi connectivity index (χ2v) is 5.83. The van der Waals surface area contributed by atoms with Gasteiger partial charge in [0.05, 0.1) is 5.69 Å². The van der Waals surface area contributed by atoms with Gasteiger partial charge in [0.2, 0.25) is 0 Å². The number of anilines is 1. The van der Waals surface area contributed by atoms with E-state index in [9.17, 15) is 9.59 Å². The van der Waals surface area contributed by atoms with Gasteiger partial charge in [-0.1, -0.05) is 32.1 Å². The normalized spacial score (nSPS) is 11.2. The van der Waals surface area contributed by atoms with Gasteiger partial charge in [-0.05, 0) is 25.7 Å². The van der Waals surface area contributed by atoms with E-state index in [1.165, 1.54) is 4.68 Å². The van der Waals surface area contributed by atoms with Crippen molar-refractivity contribution >= 4 is 17.7 Å². The molecule has 1 N–H and O–H groups in total. The first-order valence-electron chi connectivity index (χ1n) is 8.26. The van der Waals surface area contributed by atoms with Crippen LogP contribution in [0.1, 0.15) is 56.4 Å². The van der Waals surface area contributed by atoms with Crippen LogP contribution in [0, 0.1) is 0 Å². The molecule has 0 atom stereocenters. The fourth-order valence-electron chi connectivity index (χ4n) is 2.20. The number of carboxylic acids is 1. The van der Waals surface area contributed by atoms with Gasteiger partial charge < -0.3 is 10.0 Å². The number of aromatic nitrogens is 2. The van der Waals surface area contributed by atoms with Crippen LogP contribution in [0.25, 0.3) is 0 Å². The molecule has 0 aliphatic heterocycles. The van der Waals surface area contributed by atoms with Crippen LogP contribution in [0.3, 0.4) is 0 Å². The Balaban J connectivity index is 3.03. The summed E-state index contributed by atoms with van der Waals surface area (Å²) in [7, 11) is 0. The molecular weight excluding hydrogens is 306 g/mol. The van der Waals surface area contributed by atoms with Gasteiger partial charge in [0, 0.05) is 19.2 Å². The van der Waals surface area contributed by atoms with Gasteiger partial charge >= 0.3 is 5.97 Å². The van der Waals surface area contributed by atoms with Crippen LogP contribution in [0.2, 0.25) is 0 Å². The van der Waals surface area contributed by atoms with Crippen molar-refractivity contribution in [1.82, 2.24) is 9.78 Å². The summed E-state index contributed by atoms with van der Waals surface area (Å²) in [5.74, 6) is -0.885. The highest BCUT2D eigenvalue weighted by molar-refractivity contribution is 5.95. The van der Waals surface area contributed by atoms with E-state index >= 15 is 0 Å². The first-order chi connectivity index (χ1) is 11.4. The highest BCUT2D eigenvalue weighted by Crippen LogP contribution is 2.22. The van der Waals surface area contributed by atoms with Crippen molar-refractivity contribution in [2.45, 2.75) is 46.0 Å². The maximum atomic E-state index is 12.2. The standard InChI is InChI=1S/C18H27N3O3/c1-5-7-8-9-10-11-20(6-2)16-12-15(14(3)4)19-21(16)17(22)13-18(23)24/h5,9-10,12,14H,1,6-8,11,13H2,2-4H3,(H,23,24)/b10-9+. The van der Waals surface area contributed by atoms with Crippen LogP contribution in [0.4, 0.5) is 5.82 Å². The number of nitrogens with zero attached hydrogens (tertiary/aromatic N) is 3.